The molecular weight excluding hydrogens is 370 g/mol. The van der Waals surface area contributed by atoms with Crippen LogP contribution < -0.4 is 9.84 Å². The molecule has 5 nitrogen and oxygen atoms in total. The van der Waals surface area contributed by atoms with Crippen molar-refractivity contribution in [2.24, 2.45) is 5.92 Å². The fraction of sp³-hybridized carbons (Fsp3) is 0.421. The molecule has 0 unspecified atom stereocenters. The molecule has 0 spiro atoms. The van der Waals surface area contributed by atoms with E-state index in [1.54, 1.807) is 6.08 Å². The Morgan fingerprint density at radius 2 is 2.04 bits per heavy atom. The minimum Gasteiger partial charge on any atom is -0.550 e. The number of carbonyl (C=O) groups is 2. The average Bonchev–Trinajstić information content (AvgIpc) is 2.83. The van der Waals surface area contributed by atoms with Gasteiger partial charge in [0.15, 0.2) is 0 Å². The predicted octanol–water partition coefficient (Wildman–Crippen LogP) is 2.84. The maximum absolute atomic E-state index is 12.4. The van der Waals surface area contributed by atoms with Crippen LogP contribution in [0.2, 0.25) is 0 Å². The Morgan fingerprint density at radius 3 is 2.65 bits per heavy atom. The lowest BCUT2D eigenvalue weighted by atomic mass is 10.1. The van der Waals surface area contributed by atoms with Crippen LogP contribution >= 0.6 is 24.0 Å². The molecule has 1 aromatic carbocycles. The Hall–Kier alpha value is -1.86. The molecular formula is C19H22NO4S2-. The van der Waals surface area contributed by atoms with Gasteiger partial charge < -0.3 is 14.6 Å². The molecule has 0 radical (unpaired) electrons. The van der Waals surface area contributed by atoms with Crippen molar-refractivity contribution in [3.63, 3.8) is 0 Å². The summed E-state index contributed by atoms with van der Waals surface area (Å²) in [5.41, 5.74) is 0.886. The summed E-state index contributed by atoms with van der Waals surface area (Å²) in [6, 6.07) is 7.56. The molecule has 1 fully saturated rings. The van der Waals surface area contributed by atoms with Gasteiger partial charge in [-0.15, -0.1) is 0 Å². The van der Waals surface area contributed by atoms with Crippen LogP contribution in [0.3, 0.4) is 0 Å². The van der Waals surface area contributed by atoms with E-state index in [1.807, 2.05) is 24.3 Å². The largest absolute Gasteiger partial charge is 0.550 e. The van der Waals surface area contributed by atoms with Crippen LogP contribution in [0.4, 0.5) is 0 Å². The third-order valence-corrected chi connectivity index (χ3v) is 5.16. The average molecular weight is 393 g/mol. The molecule has 0 aromatic heterocycles. The van der Waals surface area contributed by atoms with Crippen molar-refractivity contribution in [3.8, 4) is 5.75 Å². The molecule has 0 aliphatic carbocycles. The number of ether oxygens (including phenoxy) is 1. The molecule has 7 heteroatoms. The zero-order chi connectivity index (χ0) is 19.1. The van der Waals surface area contributed by atoms with E-state index in [0.717, 1.165) is 17.7 Å². The summed E-state index contributed by atoms with van der Waals surface area (Å²) >= 11 is 6.45. The van der Waals surface area contributed by atoms with Crippen LogP contribution in [0.25, 0.3) is 6.08 Å². The number of hydrogen-bond donors (Lipinski definition) is 0. The first-order chi connectivity index (χ1) is 12.4. The van der Waals surface area contributed by atoms with Gasteiger partial charge in [-0.2, -0.15) is 0 Å². The minimum absolute atomic E-state index is 0.0889. The van der Waals surface area contributed by atoms with Gasteiger partial charge in [0.05, 0.1) is 11.5 Å². The van der Waals surface area contributed by atoms with Crippen LogP contribution in [0.5, 0.6) is 5.75 Å². The summed E-state index contributed by atoms with van der Waals surface area (Å²) in [6.45, 7) is 5.28. The van der Waals surface area contributed by atoms with Crippen LogP contribution in [0.1, 0.15) is 38.7 Å². The van der Waals surface area contributed by atoms with Gasteiger partial charge >= 0.3 is 0 Å². The summed E-state index contributed by atoms with van der Waals surface area (Å²) in [5, 5.41) is 10.5. The number of benzene rings is 1. The van der Waals surface area contributed by atoms with Crippen molar-refractivity contribution in [2.75, 3.05) is 13.2 Å². The summed E-state index contributed by atoms with van der Waals surface area (Å²) < 4.78 is 6.14. The second-order valence-electron chi connectivity index (χ2n) is 6.41. The molecule has 2 rings (SSSR count). The van der Waals surface area contributed by atoms with Crippen molar-refractivity contribution in [1.29, 1.82) is 0 Å². The SMILES string of the molecule is CC(C)CCOc1ccc(/C=C2\SC(=S)N(CCCC(=O)[O-])C2=O)cc1. The first-order valence-corrected chi connectivity index (χ1v) is 9.77. The van der Waals surface area contributed by atoms with E-state index in [9.17, 15) is 14.7 Å². The highest BCUT2D eigenvalue weighted by atomic mass is 32.2. The number of amides is 1. The van der Waals surface area contributed by atoms with Gasteiger partial charge in [0.25, 0.3) is 5.91 Å². The molecule has 1 aromatic rings. The second-order valence-corrected chi connectivity index (χ2v) is 8.08. The number of nitrogens with zero attached hydrogens (tertiary/aromatic N) is 1. The van der Waals surface area contributed by atoms with Crippen LogP contribution in [-0.4, -0.2) is 34.2 Å². The summed E-state index contributed by atoms with van der Waals surface area (Å²) in [5.74, 6) is 0.0953. The molecule has 26 heavy (non-hydrogen) atoms. The Morgan fingerprint density at radius 1 is 1.35 bits per heavy atom. The lowest BCUT2D eigenvalue weighted by molar-refractivity contribution is -0.305. The van der Waals surface area contributed by atoms with Crippen molar-refractivity contribution in [3.05, 3.63) is 34.7 Å². The van der Waals surface area contributed by atoms with Gasteiger partial charge in [-0.25, -0.2) is 0 Å². The maximum atomic E-state index is 12.4. The fourth-order valence-corrected chi connectivity index (χ4v) is 3.61. The Labute approximate surface area is 163 Å². The molecule has 1 aliphatic heterocycles. The number of rotatable bonds is 9. The number of aliphatic carboxylic acids is 1. The number of hydrogen-bond acceptors (Lipinski definition) is 6. The van der Waals surface area contributed by atoms with Crippen LogP contribution in [0.15, 0.2) is 29.2 Å². The monoisotopic (exact) mass is 392 g/mol. The predicted molar refractivity (Wildman–Crippen MR) is 106 cm³/mol. The summed E-state index contributed by atoms with van der Waals surface area (Å²) in [6.07, 6.45) is 3.02. The summed E-state index contributed by atoms with van der Waals surface area (Å²) in [7, 11) is 0. The quantitative estimate of drug-likeness (QED) is 0.475. The number of thioether (sulfide) groups is 1. The molecule has 140 valence electrons. The van der Waals surface area contributed by atoms with Crippen molar-refractivity contribution >= 4 is 46.3 Å². The normalized spacial score (nSPS) is 16.0. The van der Waals surface area contributed by atoms with Crippen LogP contribution in [-0.2, 0) is 9.59 Å². The minimum atomic E-state index is -1.12. The van der Waals surface area contributed by atoms with E-state index in [0.29, 0.717) is 34.7 Å². The molecule has 0 saturated carbocycles. The third-order valence-electron chi connectivity index (χ3n) is 3.78. The van der Waals surface area contributed by atoms with E-state index in [4.69, 9.17) is 17.0 Å². The van der Waals surface area contributed by atoms with Crippen molar-refractivity contribution in [1.82, 2.24) is 4.90 Å². The van der Waals surface area contributed by atoms with Crippen LogP contribution in [0, 0.1) is 5.92 Å². The third kappa shape index (κ3) is 6.14. The highest BCUT2D eigenvalue weighted by Gasteiger charge is 2.31. The molecule has 0 atom stereocenters. The van der Waals surface area contributed by atoms with E-state index >= 15 is 0 Å². The fourth-order valence-electron chi connectivity index (χ4n) is 2.30. The van der Waals surface area contributed by atoms with Gasteiger partial charge in [0.2, 0.25) is 0 Å². The molecule has 0 bridgehead atoms. The van der Waals surface area contributed by atoms with Crippen molar-refractivity contribution in [2.45, 2.75) is 33.1 Å². The lowest BCUT2D eigenvalue weighted by Gasteiger charge is -2.14. The first-order valence-electron chi connectivity index (χ1n) is 8.55. The highest BCUT2D eigenvalue weighted by molar-refractivity contribution is 8.26. The molecule has 1 saturated heterocycles. The standard InChI is InChI=1S/C19H23NO4S2/c1-13(2)9-11-24-15-7-5-14(6-8-15)12-16-18(23)20(19(25)26-16)10-3-4-17(21)22/h5-8,12-13H,3-4,9-11H2,1-2H3,(H,21,22)/p-1/b16-12-. The summed E-state index contributed by atoms with van der Waals surface area (Å²) in [4.78, 5) is 24.9. The Kier molecular flexibility index (Phi) is 7.66. The molecule has 1 heterocycles. The number of carboxylic acid groups (broad SMARTS) is 1. The van der Waals surface area contributed by atoms with Gasteiger partial charge in [-0.05, 0) is 49.0 Å². The zero-order valence-electron chi connectivity index (χ0n) is 14.9. The molecule has 0 N–H and O–H groups in total. The number of thiocarbonyl (C=S) groups is 1. The number of carboxylic acids is 1. The van der Waals surface area contributed by atoms with Crippen molar-refractivity contribution < 1.29 is 19.4 Å². The van der Waals surface area contributed by atoms with Gasteiger partial charge in [0.1, 0.15) is 10.1 Å². The Balaban J connectivity index is 1.95. The smallest absolute Gasteiger partial charge is 0.266 e. The Bertz CT molecular complexity index is 698. The van der Waals surface area contributed by atoms with Gasteiger partial charge in [-0.3, -0.25) is 9.69 Å². The topological polar surface area (TPSA) is 69.7 Å². The molecule has 1 aliphatic rings. The van der Waals surface area contributed by atoms with E-state index in [-0.39, 0.29) is 12.3 Å². The molecule has 1 amide bonds. The lowest BCUT2D eigenvalue weighted by Crippen LogP contribution is -2.30. The zero-order valence-corrected chi connectivity index (χ0v) is 16.5. The maximum Gasteiger partial charge on any atom is 0.266 e. The van der Waals surface area contributed by atoms with E-state index in [2.05, 4.69) is 13.8 Å². The number of carbonyl (C=O) groups excluding carboxylic acids is 2. The first kappa shape index (κ1) is 20.5. The van der Waals surface area contributed by atoms with Gasteiger partial charge in [0, 0.05) is 12.5 Å². The van der Waals surface area contributed by atoms with Gasteiger partial charge in [-0.1, -0.05) is 50.0 Å². The van der Waals surface area contributed by atoms with E-state index < -0.39 is 5.97 Å². The highest BCUT2D eigenvalue weighted by Crippen LogP contribution is 2.32. The second kappa shape index (κ2) is 9.73. The van der Waals surface area contributed by atoms with E-state index in [1.165, 1.54) is 16.7 Å².